The van der Waals surface area contributed by atoms with E-state index >= 15 is 0 Å². The fraction of sp³-hybridized carbons (Fsp3) is 0.500. The Morgan fingerprint density at radius 1 is 1.36 bits per heavy atom. The van der Waals surface area contributed by atoms with Gasteiger partial charge in [-0.25, -0.2) is 4.68 Å². The molecule has 2 N–H and O–H groups in total. The van der Waals surface area contributed by atoms with Crippen molar-refractivity contribution in [1.29, 1.82) is 0 Å². The van der Waals surface area contributed by atoms with Crippen molar-refractivity contribution < 1.29 is 0 Å². The summed E-state index contributed by atoms with van der Waals surface area (Å²) in [5.74, 6) is 1.98. The van der Waals surface area contributed by atoms with Gasteiger partial charge in [-0.2, -0.15) is 5.10 Å². The van der Waals surface area contributed by atoms with Crippen LogP contribution in [0, 0.1) is 13.8 Å². The smallest absolute Gasteiger partial charge is 0.151 e. The zero-order valence-corrected chi connectivity index (χ0v) is 6.87. The van der Waals surface area contributed by atoms with E-state index in [-0.39, 0.29) is 0 Å². The van der Waals surface area contributed by atoms with Crippen LogP contribution in [0.2, 0.25) is 0 Å². The molecule has 11 heavy (non-hydrogen) atoms. The first-order chi connectivity index (χ1) is 5.11. The number of aryl methyl sites for hydroxylation is 2. The molecule has 0 amide bonds. The first-order valence-electron chi connectivity index (χ1n) is 3.31. The number of rotatable bonds is 1. The summed E-state index contributed by atoms with van der Waals surface area (Å²) in [5, 5.41) is 11.6. The molecule has 0 spiro atoms. The second-order valence-corrected chi connectivity index (χ2v) is 2.35. The van der Waals surface area contributed by atoms with Crippen LogP contribution in [-0.4, -0.2) is 20.7 Å². The summed E-state index contributed by atoms with van der Waals surface area (Å²) in [7, 11) is 0. The van der Waals surface area contributed by atoms with Crippen molar-refractivity contribution in [2.45, 2.75) is 20.8 Å². The Morgan fingerprint density at radius 3 is 2.18 bits per heavy atom. The van der Waals surface area contributed by atoms with Gasteiger partial charge in [0, 0.05) is 0 Å². The molecule has 0 aliphatic carbocycles. The summed E-state index contributed by atoms with van der Waals surface area (Å²) >= 11 is 0. The monoisotopic (exact) mass is 153 g/mol. The average Bonchev–Trinajstić information content (AvgIpc) is 2.18. The van der Waals surface area contributed by atoms with Crippen molar-refractivity contribution in [2.24, 2.45) is 10.8 Å². The molecular formula is C6H11N5. The highest BCUT2D eigenvalue weighted by Crippen LogP contribution is 1.97. The maximum absolute atomic E-state index is 5.40. The third-order valence-corrected chi connectivity index (χ3v) is 1.21. The maximum atomic E-state index is 5.40. The molecule has 1 rings (SSSR count). The third kappa shape index (κ3) is 1.54. The molecule has 0 fully saturated rings. The molecule has 0 unspecified atom stereocenters. The molecule has 5 nitrogen and oxygen atoms in total. The topological polar surface area (TPSA) is 69.1 Å². The van der Waals surface area contributed by atoms with Crippen molar-refractivity contribution >= 4 is 5.84 Å². The summed E-state index contributed by atoms with van der Waals surface area (Å²) in [6.07, 6.45) is 0. The van der Waals surface area contributed by atoms with Crippen LogP contribution in [0.15, 0.2) is 5.10 Å². The molecule has 1 heterocycles. The first-order valence-corrected chi connectivity index (χ1v) is 3.31. The molecule has 0 bridgehead atoms. The van der Waals surface area contributed by atoms with E-state index in [1.54, 1.807) is 11.6 Å². The predicted molar refractivity (Wildman–Crippen MR) is 42.2 cm³/mol. The van der Waals surface area contributed by atoms with Crippen molar-refractivity contribution in [2.75, 3.05) is 0 Å². The molecule has 1 aromatic heterocycles. The zero-order chi connectivity index (χ0) is 8.43. The lowest BCUT2D eigenvalue weighted by Gasteiger charge is -1.96. The molecule has 1 aromatic rings. The fourth-order valence-electron chi connectivity index (χ4n) is 0.766. The standard InChI is InChI=1S/C6H11N5/c1-4(7)10-11-5(2)8-9-6(11)3/h1-3H3,(H2,7,10). The summed E-state index contributed by atoms with van der Waals surface area (Å²) in [6.45, 7) is 5.37. The Hall–Kier alpha value is -1.39. The van der Waals surface area contributed by atoms with Crippen LogP contribution >= 0.6 is 0 Å². The third-order valence-electron chi connectivity index (χ3n) is 1.21. The van der Waals surface area contributed by atoms with E-state index in [0.29, 0.717) is 5.84 Å². The molecule has 0 radical (unpaired) electrons. The SMILES string of the molecule is C/C(N)=N/n1c(C)nnc1C. The van der Waals surface area contributed by atoms with E-state index in [4.69, 9.17) is 5.73 Å². The minimum absolute atomic E-state index is 0.496. The van der Waals surface area contributed by atoms with Crippen LogP contribution in [0.1, 0.15) is 18.6 Å². The molecule has 60 valence electrons. The Labute approximate surface area is 64.9 Å². The highest BCUT2D eigenvalue weighted by Gasteiger charge is 2.00. The van der Waals surface area contributed by atoms with Gasteiger partial charge in [0.15, 0.2) is 11.6 Å². The lowest BCUT2D eigenvalue weighted by atomic mass is 10.6. The van der Waals surface area contributed by atoms with E-state index in [2.05, 4.69) is 15.3 Å². The van der Waals surface area contributed by atoms with E-state index in [1.165, 1.54) is 0 Å². The predicted octanol–water partition coefficient (Wildman–Crippen LogP) is 0.0351. The number of nitrogens with zero attached hydrogens (tertiary/aromatic N) is 4. The second kappa shape index (κ2) is 2.69. The Morgan fingerprint density at radius 2 is 1.82 bits per heavy atom. The van der Waals surface area contributed by atoms with E-state index < -0.39 is 0 Å². The summed E-state index contributed by atoms with van der Waals surface area (Å²) in [5.41, 5.74) is 5.40. The van der Waals surface area contributed by atoms with Crippen molar-refractivity contribution in [3.8, 4) is 0 Å². The summed E-state index contributed by atoms with van der Waals surface area (Å²) in [6, 6.07) is 0. The molecule has 5 heteroatoms. The minimum atomic E-state index is 0.496. The van der Waals surface area contributed by atoms with E-state index in [9.17, 15) is 0 Å². The molecular weight excluding hydrogens is 142 g/mol. The van der Waals surface area contributed by atoms with Crippen LogP contribution in [0.4, 0.5) is 0 Å². The van der Waals surface area contributed by atoms with E-state index in [1.807, 2.05) is 13.8 Å². The Bertz CT molecular complexity index is 262. The van der Waals surface area contributed by atoms with Crippen molar-refractivity contribution in [3.63, 3.8) is 0 Å². The van der Waals surface area contributed by atoms with Gasteiger partial charge in [-0.3, -0.25) is 0 Å². The van der Waals surface area contributed by atoms with Gasteiger partial charge < -0.3 is 5.73 Å². The van der Waals surface area contributed by atoms with Gasteiger partial charge in [-0.15, -0.1) is 10.2 Å². The molecule has 0 aliphatic rings. The molecule has 0 atom stereocenters. The van der Waals surface area contributed by atoms with Crippen LogP contribution in [0.3, 0.4) is 0 Å². The number of nitrogens with two attached hydrogens (primary N) is 1. The van der Waals surface area contributed by atoms with Gasteiger partial charge in [0.2, 0.25) is 0 Å². The van der Waals surface area contributed by atoms with Gasteiger partial charge in [0.05, 0.1) is 0 Å². The minimum Gasteiger partial charge on any atom is -0.386 e. The lowest BCUT2D eigenvalue weighted by molar-refractivity contribution is 0.791. The summed E-state index contributed by atoms with van der Waals surface area (Å²) in [4.78, 5) is 0. The summed E-state index contributed by atoms with van der Waals surface area (Å²) < 4.78 is 1.61. The second-order valence-electron chi connectivity index (χ2n) is 2.35. The van der Waals surface area contributed by atoms with Gasteiger partial charge >= 0.3 is 0 Å². The number of hydrogen-bond donors (Lipinski definition) is 1. The van der Waals surface area contributed by atoms with Gasteiger partial charge in [-0.05, 0) is 20.8 Å². The average molecular weight is 153 g/mol. The van der Waals surface area contributed by atoms with E-state index in [0.717, 1.165) is 11.6 Å². The largest absolute Gasteiger partial charge is 0.386 e. The maximum Gasteiger partial charge on any atom is 0.151 e. The van der Waals surface area contributed by atoms with Crippen LogP contribution in [0.25, 0.3) is 0 Å². The van der Waals surface area contributed by atoms with Gasteiger partial charge in [0.25, 0.3) is 0 Å². The van der Waals surface area contributed by atoms with Crippen molar-refractivity contribution in [3.05, 3.63) is 11.6 Å². The number of amidine groups is 1. The Kier molecular flexibility index (Phi) is 1.89. The molecule has 0 aromatic carbocycles. The van der Waals surface area contributed by atoms with Gasteiger partial charge in [-0.1, -0.05) is 0 Å². The Balaban J connectivity index is 3.11. The quantitative estimate of drug-likeness (QED) is 0.457. The van der Waals surface area contributed by atoms with Crippen LogP contribution in [0.5, 0.6) is 0 Å². The molecule has 0 aliphatic heterocycles. The van der Waals surface area contributed by atoms with Crippen LogP contribution < -0.4 is 5.73 Å². The van der Waals surface area contributed by atoms with Crippen LogP contribution in [-0.2, 0) is 0 Å². The van der Waals surface area contributed by atoms with Crippen molar-refractivity contribution in [1.82, 2.24) is 14.9 Å². The lowest BCUT2D eigenvalue weighted by Crippen LogP contribution is -2.09. The number of aromatic nitrogens is 3. The first kappa shape index (κ1) is 7.71. The zero-order valence-electron chi connectivity index (χ0n) is 6.87. The van der Waals surface area contributed by atoms with Gasteiger partial charge in [0.1, 0.15) is 5.84 Å². The highest BCUT2D eigenvalue weighted by atomic mass is 15.5. The number of hydrogen-bond acceptors (Lipinski definition) is 3. The molecule has 0 saturated heterocycles. The molecule has 0 saturated carbocycles. The highest BCUT2D eigenvalue weighted by molar-refractivity contribution is 5.77. The normalized spacial score (nSPS) is 12.1. The fourth-order valence-corrected chi connectivity index (χ4v) is 0.766.